The van der Waals surface area contributed by atoms with Crippen LogP contribution in [-0.2, 0) is 4.74 Å². The highest BCUT2D eigenvalue weighted by Gasteiger charge is 2.31. The molecule has 1 aliphatic carbocycles. The summed E-state index contributed by atoms with van der Waals surface area (Å²) < 4.78 is 38.5. The summed E-state index contributed by atoms with van der Waals surface area (Å²) in [5.74, 6) is -0.198. The Morgan fingerprint density at radius 3 is 2.42 bits per heavy atom. The molecule has 1 aliphatic rings. The zero-order valence-electron chi connectivity index (χ0n) is 5.89. The Morgan fingerprint density at radius 1 is 1.33 bits per heavy atom. The summed E-state index contributed by atoms with van der Waals surface area (Å²) in [6, 6.07) is 0. The van der Waals surface area contributed by atoms with Crippen molar-refractivity contribution in [2.75, 3.05) is 0 Å². The minimum Gasteiger partial charge on any atom is -0.406 e. The molecular weight excluding hydrogens is 189 g/mol. The maximum atomic E-state index is 11.6. The Hall–Kier alpha value is -0.840. The Kier molecular flexibility index (Phi) is 2.52. The summed E-state index contributed by atoms with van der Waals surface area (Å²) in [5, 5.41) is 0. The molecule has 12 heavy (non-hydrogen) atoms. The Morgan fingerprint density at radius 2 is 2.00 bits per heavy atom. The van der Waals surface area contributed by atoms with Gasteiger partial charge in [-0.15, -0.1) is 13.2 Å². The summed E-state index contributed by atoms with van der Waals surface area (Å²) >= 11 is 4.73. The number of thiocarbonyl (C=S) groups is 1. The van der Waals surface area contributed by atoms with E-state index in [-0.39, 0.29) is 5.76 Å². The van der Waals surface area contributed by atoms with Crippen molar-refractivity contribution in [2.45, 2.75) is 12.8 Å². The highest BCUT2D eigenvalue weighted by molar-refractivity contribution is 7.80. The van der Waals surface area contributed by atoms with Gasteiger partial charge >= 0.3 is 6.36 Å². The third-order valence-electron chi connectivity index (χ3n) is 1.17. The standard InChI is InChI=1S/C7H5F3OS/c8-7(9,10)11-5-1-3-6(12)4-2-5/h1-3H,4H2. The van der Waals surface area contributed by atoms with Crippen LogP contribution in [0, 0.1) is 0 Å². The van der Waals surface area contributed by atoms with Gasteiger partial charge in [-0.1, -0.05) is 12.2 Å². The van der Waals surface area contributed by atoms with E-state index in [1.165, 1.54) is 18.2 Å². The molecule has 0 unspecified atom stereocenters. The minimum atomic E-state index is -4.62. The van der Waals surface area contributed by atoms with E-state index in [9.17, 15) is 13.2 Å². The van der Waals surface area contributed by atoms with E-state index in [4.69, 9.17) is 12.2 Å². The number of allylic oxidation sites excluding steroid dienone is 3. The molecule has 0 amide bonds. The monoisotopic (exact) mass is 194 g/mol. The Labute approximate surface area is 72.5 Å². The van der Waals surface area contributed by atoms with E-state index in [1.54, 1.807) is 0 Å². The fraction of sp³-hybridized carbons (Fsp3) is 0.286. The lowest BCUT2D eigenvalue weighted by Gasteiger charge is -2.11. The maximum absolute atomic E-state index is 11.6. The predicted molar refractivity (Wildman–Crippen MR) is 41.6 cm³/mol. The normalized spacial score (nSPS) is 17.6. The first-order valence-electron chi connectivity index (χ1n) is 3.14. The molecule has 0 fully saturated rings. The van der Waals surface area contributed by atoms with Crippen molar-refractivity contribution in [3.05, 3.63) is 24.0 Å². The predicted octanol–water partition coefficient (Wildman–Crippen LogP) is 2.74. The first kappa shape index (κ1) is 9.25. The first-order valence-corrected chi connectivity index (χ1v) is 3.55. The zero-order valence-corrected chi connectivity index (χ0v) is 6.71. The molecule has 0 saturated heterocycles. The van der Waals surface area contributed by atoms with Crippen molar-refractivity contribution in [3.8, 4) is 0 Å². The third-order valence-corrected chi connectivity index (χ3v) is 1.47. The molecule has 5 heteroatoms. The van der Waals surface area contributed by atoms with E-state index in [0.29, 0.717) is 11.3 Å². The van der Waals surface area contributed by atoms with Gasteiger partial charge in [-0.3, -0.25) is 0 Å². The van der Waals surface area contributed by atoms with Crippen LogP contribution in [0.1, 0.15) is 6.42 Å². The lowest BCUT2D eigenvalue weighted by Crippen LogP contribution is -2.13. The van der Waals surface area contributed by atoms with Gasteiger partial charge in [0.15, 0.2) is 0 Å². The molecule has 0 aromatic rings. The molecule has 0 heterocycles. The molecule has 0 spiro atoms. The Bertz CT molecular complexity index is 252. The molecular formula is C7H5F3OS. The quantitative estimate of drug-likeness (QED) is 0.593. The van der Waals surface area contributed by atoms with Crippen molar-refractivity contribution >= 4 is 17.1 Å². The molecule has 0 aromatic heterocycles. The Balaban J connectivity index is 2.57. The van der Waals surface area contributed by atoms with Crippen LogP contribution in [0.25, 0.3) is 0 Å². The molecule has 0 N–H and O–H groups in total. The maximum Gasteiger partial charge on any atom is 0.573 e. The molecule has 1 rings (SSSR count). The van der Waals surface area contributed by atoms with E-state index in [0.717, 1.165) is 0 Å². The van der Waals surface area contributed by atoms with Crippen LogP contribution in [-0.4, -0.2) is 11.2 Å². The molecule has 0 radical (unpaired) electrons. The lowest BCUT2D eigenvalue weighted by atomic mass is 10.2. The number of hydrogen-bond acceptors (Lipinski definition) is 2. The lowest BCUT2D eigenvalue weighted by molar-refractivity contribution is -0.303. The fourth-order valence-corrected chi connectivity index (χ4v) is 0.873. The van der Waals surface area contributed by atoms with Gasteiger partial charge in [-0.25, -0.2) is 0 Å². The second kappa shape index (κ2) is 3.26. The van der Waals surface area contributed by atoms with Gasteiger partial charge in [-0.05, 0) is 18.2 Å². The van der Waals surface area contributed by atoms with Gasteiger partial charge in [0.1, 0.15) is 5.76 Å². The van der Waals surface area contributed by atoms with Gasteiger partial charge in [-0.2, -0.15) is 0 Å². The largest absolute Gasteiger partial charge is 0.573 e. The van der Waals surface area contributed by atoms with Crippen LogP contribution in [0.3, 0.4) is 0 Å². The van der Waals surface area contributed by atoms with Crippen LogP contribution in [0.15, 0.2) is 24.0 Å². The topological polar surface area (TPSA) is 9.23 Å². The minimum absolute atomic E-state index is 0.198. The van der Waals surface area contributed by atoms with Crippen LogP contribution in [0.2, 0.25) is 0 Å². The highest BCUT2D eigenvalue weighted by Crippen LogP contribution is 2.23. The van der Waals surface area contributed by atoms with Gasteiger partial charge < -0.3 is 4.74 Å². The van der Waals surface area contributed by atoms with E-state index < -0.39 is 6.36 Å². The van der Waals surface area contributed by atoms with Gasteiger partial charge in [0.05, 0.1) is 0 Å². The van der Waals surface area contributed by atoms with Crippen molar-refractivity contribution in [2.24, 2.45) is 0 Å². The van der Waals surface area contributed by atoms with E-state index in [1.807, 2.05) is 0 Å². The summed E-state index contributed by atoms with van der Waals surface area (Å²) in [5.41, 5.74) is 0. The molecule has 0 bridgehead atoms. The summed E-state index contributed by atoms with van der Waals surface area (Å²) in [6.45, 7) is 0. The van der Waals surface area contributed by atoms with Gasteiger partial charge in [0, 0.05) is 11.3 Å². The molecule has 0 aliphatic heterocycles. The van der Waals surface area contributed by atoms with Crippen LogP contribution >= 0.6 is 12.2 Å². The average Bonchev–Trinajstić information content (AvgIpc) is 1.91. The summed E-state index contributed by atoms with van der Waals surface area (Å²) in [6.07, 6.45) is -0.349. The average molecular weight is 194 g/mol. The highest BCUT2D eigenvalue weighted by atomic mass is 32.1. The number of alkyl halides is 3. The second-order valence-electron chi connectivity index (χ2n) is 2.16. The SMILES string of the molecule is FC(F)(F)OC1=CCC(=S)C=C1. The second-order valence-corrected chi connectivity index (χ2v) is 2.68. The van der Waals surface area contributed by atoms with E-state index >= 15 is 0 Å². The van der Waals surface area contributed by atoms with E-state index in [2.05, 4.69) is 4.74 Å². The smallest absolute Gasteiger partial charge is 0.406 e. The molecule has 1 nitrogen and oxygen atoms in total. The van der Waals surface area contributed by atoms with Crippen LogP contribution in [0.5, 0.6) is 0 Å². The number of halogens is 3. The third kappa shape index (κ3) is 3.04. The molecule has 0 atom stereocenters. The van der Waals surface area contributed by atoms with Crippen molar-refractivity contribution in [1.82, 2.24) is 0 Å². The van der Waals surface area contributed by atoms with Crippen molar-refractivity contribution in [1.29, 1.82) is 0 Å². The zero-order chi connectivity index (χ0) is 9.19. The summed E-state index contributed by atoms with van der Waals surface area (Å²) in [4.78, 5) is 0.601. The number of ether oxygens (including phenoxy) is 1. The van der Waals surface area contributed by atoms with Gasteiger partial charge in [0.2, 0.25) is 0 Å². The molecule has 66 valence electrons. The van der Waals surface area contributed by atoms with Crippen LogP contribution < -0.4 is 0 Å². The van der Waals surface area contributed by atoms with Crippen LogP contribution in [0.4, 0.5) is 13.2 Å². The van der Waals surface area contributed by atoms with Crippen molar-refractivity contribution in [3.63, 3.8) is 0 Å². The first-order chi connectivity index (χ1) is 5.47. The summed E-state index contributed by atoms with van der Waals surface area (Å²) in [7, 11) is 0. The number of hydrogen-bond donors (Lipinski definition) is 0. The van der Waals surface area contributed by atoms with Crippen molar-refractivity contribution < 1.29 is 17.9 Å². The van der Waals surface area contributed by atoms with Gasteiger partial charge in [0.25, 0.3) is 0 Å². The number of rotatable bonds is 1. The molecule has 0 aromatic carbocycles. The fourth-order valence-electron chi connectivity index (χ4n) is 0.722. The molecule has 0 saturated carbocycles.